The Balaban J connectivity index is 1.38. The zero-order valence-corrected chi connectivity index (χ0v) is 22.3. The number of pyridine rings is 1. The van der Waals surface area contributed by atoms with Crippen molar-refractivity contribution in [2.45, 2.75) is 56.7 Å². The molecule has 4 aromatic rings. The highest BCUT2D eigenvalue weighted by Gasteiger charge is 2.49. The van der Waals surface area contributed by atoms with Gasteiger partial charge in [-0.3, -0.25) is 19.8 Å². The summed E-state index contributed by atoms with van der Waals surface area (Å²) in [6.45, 7) is 1.30. The maximum atomic E-state index is 16.2. The van der Waals surface area contributed by atoms with Crippen molar-refractivity contribution in [1.82, 2.24) is 30.0 Å². The number of nitrogens with two attached hydrogens (primary N) is 1. The first-order valence-electron chi connectivity index (χ1n) is 13.3. The van der Waals surface area contributed by atoms with Crippen molar-refractivity contribution in [3.05, 3.63) is 34.9 Å². The van der Waals surface area contributed by atoms with E-state index in [0.717, 1.165) is 19.4 Å². The highest BCUT2D eigenvalue weighted by Crippen LogP contribution is 2.41. The quantitative estimate of drug-likeness (QED) is 0.253. The Morgan fingerprint density at radius 1 is 1.30 bits per heavy atom. The van der Waals surface area contributed by atoms with E-state index < -0.39 is 29.3 Å². The van der Waals surface area contributed by atoms with E-state index in [2.05, 4.69) is 30.0 Å². The summed E-state index contributed by atoms with van der Waals surface area (Å²) in [7, 11) is 0. The van der Waals surface area contributed by atoms with Gasteiger partial charge in [-0.25, -0.2) is 8.78 Å². The SMILES string of the molecule is NC(=O)CCCCc1c(Cl)cc2[nH]ncc2c1-c1ncc2c(O)nc(OC[C@@]34CCCN3C[C@H](F)C4)nc2c1F. The van der Waals surface area contributed by atoms with E-state index in [0.29, 0.717) is 59.3 Å². The number of aromatic amines is 1. The van der Waals surface area contributed by atoms with Crippen molar-refractivity contribution < 1.29 is 23.4 Å². The lowest BCUT2D eigenvalue weighted by atomic mass is 9.94. The van der Waals surface area contributed by atoms with E-state index in [4.69, 9.17) is 22.1 Å². The monoisotopic (exact) mass is 571 g/mol. The fourth-order valence-corrected chi connectivity index (χ4v) is 6.42. The maximum Gasteiger partial charge on any atom is 0.320 e. The third kappa shape index (κ3) is 4.68. The number of unbranched alkanes of at least 4 members (excludes halogenated alkanes) is 1. The lowest BCUT2D eigenvalue weighted by molar-refractivity contribution is -0.118. The molecule has 4 N–H and O–H groups in total. The number of primary amides is 1. The molecule has 40 heavy (non-hydrogen) atoms. The molecule has 5 heterocycles. The minimum absolute atomic E-state index is 0.0208. The van der Waals surface area contributed by atoms with Crippen molar-refractivity contribution in [3.63, 3.8) is 0 Å². The third-order valence-electron chi connectivity index (χ3n) is 8.01. The first-order valence-corrected chi connectivity index (χ1v) is 13.6. The Morgan fingerprint density at radius 3 is 2.98 bits per heavy atom. The zero-order valence-electron chi connectivity index (χ0n) is 21.6. The van der Waals surface area contributed by atoms with Gasteiger partial charge in [0.15, 0.2) is 5.82 Å². The number of carbonyl (C=O) groups is 1. The molecule has 10 nitrogen and oxygen atoms in total. The Bertz CT molecular complexity index is 1620. The van der Waals surface area contributed by atoms with E-state index >= 15 is 4.39 Å². The number of aromatic nitrogens is 5. The minimum Gasteiger partial charge on any atom is -0.493 e. The van der Waals surface area contributed by atoms with Crippen molar-refractivity contribution >= 4 is 39.3 Å². The van der Waals surface area contributed by atoms with Crippen molar-refractivity contribution in [2.24, 2.45) is 5.73 Å². The highest BCUT2D eigenvalue weighted by molar-refractivity contribution is 6.33. The number of ether oxygens (including phenoxy) is 1. The highest BCUT2D eigenvalue weighted by atomic mass is 35.5. The number of alkyl halides is 1. The zero-order chi connectivity index (χ0) is 28.0. The fourth-order valence-electron chi connectivity index (χ4n) is 6.13. The van der Waals surface area contributed by atoms with E-state index in [-0.39, 0.29) is 35.6 Å². The number of nitrogens with zero attached hydrogens (tertiary/aromatic N) is 5. The number of aromatic hydroxyl groups is 1. The van der Waals surface area contributed by atoms with Crippen LogP contribution in [0.4, 0.5) is 8.78 Å². The Labute approximate surface area is 232 Å². The van der Waals surface area contributed by atoms with Gasteiger partial charge in [-0.15, -0.1) is 0 Å². The average molecular weight is 572 g/mol. The summed E-state index contributed by atoms with van der Waals surface area (Å²) in [6.07, 6.45) is 5.84. The van der Waals surface area contributed by atoms with Crippen LogP contribution in [-0.4, -0.2) is 72.5 Å². The van der Waals surface area contributed by atoms with Crippen molar-refractivity contribution in [2.75, 3.05) is 19.7 Å². The Hall–Kier alpha value is -3.64. The predicted molar refractivity (Wildman–Crippen MR) is 144 cm³/mol. The lowest BCUT2D eigenvalue weighted by Crippen LogP contribution is -2.43. The van der Waals surface area contributed by atoms with E-state index in [1.807, 2.05) is 0 Å². The molecule has 2 aliphatic heterocycles. The van der Waals surface area contributed by atoms with Gasteiger partial charge in [0.2, 0.25) is 11.8 Å². The van der Waals surface area contributed by atoms with Gasteiger partial charge >= 0.3 is 6.01 Å². The molecule has 2 fully saturated rings. The molecule has 0 bridgehead atoms. The van der Waals surface area contributed by atoms with Crippen LogP contribution in [0.15, 0.2) is 18.5 Å². The second kappa shape index (κ2) is 10.4. The molecular weight excluding hydrogens is 544 g/mol. The number of halogens is 3. The van der Waals surface area contributed by atoms with Gasteiger partial charge < -0.3 is 15.6 Å². The Kier molecular flexibility index (Phi) is 6.91. The smallest absolute Gasteiger partial charge is 0.320 e. The van der Waals surface area contributed by atoms with Crippen molar-refractivity contribution in [3.8, 4) is 23.1 Å². The number of hydrogen-bond donors (Lipinski definition) is 3. The summed E-state index contributed by atoms with van der Waals surface area (Å²) in [4.78, 5) is 25.9. The van der Waals surface area contributed by atoms with Crippen molar-refractivity contribution in [1.29, 1.82) is 0 Å². The van der Waals surface area contributed by atoms with Crippen LogP contribution < -0.4 is 10.5 Å². The molecule has 13 heteroatoms. The predicted octanol–water partition coefficient (Wildman–Crippen LogP) is 4.22. The fraction of sp³-hybridized carbons (Fsp3) is 0.444. The van der Waals surface area contributed by atoms with Gasteiger partial charge in [-0.1, -0.05) is 11.6 Å². The first-order chi connectivity index (χ1) is 19.3. The van der Waals surface area contributed by atoms with E-state index in [9.17, 15) is 14.3 Å². The molecule has 0 aliphatic carbocycles. The maximum absolute atomic E-state index is 16.2. The standard InChI is InChI=1S/C27H28ClF2N7O3/c28-18-8-19-16(11-33-36-19)21(15(18)4-1-2-5-20(31)38)24-22(30)23-17(10-32-24)25(39)35-26(34-23)40-13-27-6-3-7-37(27)12-14(29)9-27/h8,10-11,14H,1-7,9,12-13H2,(H2,31,38)(H,33,36)(H,34,35,39)/t14-,27+/m1/s1. The second-order valence-corrected chi connectivity index (χ2v) is 11.0. The summed E-state index contributed by atoms with van der Waals surface area (Å²) < 4.78 is 36.3. The number of fused-ring (bicyclic) bond motifs is 3. The van der Waals surface area contributed by atoms with Crippen LogP contribution in [0.1, 0.15) is 44.1 Å². The molecule has 210 valence electrons. The van der Waals surface area contributed by atoms with Crippen LogP contribution in [0.3, 0.4) is 0 Å². The third-order valence-corrected chi connectivity index (χ3v) is 8.35. The van der Waals surface area contributed by atoms with Crippen LogP contribution in [0, 0.1) is 5.82 Å². The summed E-state index contributed by atoms with van der Waals surface area (Å²) in [5.41, 5.74) is 6.31. The summed E-state index contributed by atoms with van der Waals surface area (Å²) in [5.74, 6) is -1.65. The van der Waals surface area contributed by atoms with Crippen LogP contribution in [0.2, 0.25) is 5.02 Å². The number of nitrogens with one attached hydrogen (secondary N) is 1. The van der Waals surface area contributed by atoms with Crippen LogP contribution >= 0.6 is 11.6 Å². The summed E-state index contributed by atoms with van der Waals surface area (Å²) in [6, 6.07) is 1.52. The van der Waals surface area contributed by atoms with Crippen LogP contribution in [0.25, 0.3) is 33.1 Å². The molecule has 1 amide bonds. The second-order valence-electron chi connectivity index (χ2n) is 10.6. The molecule has 2 saturated heterocycles. The van der Waals surface area contributed by atoms with Crippen LogP contribution in [0.5, 0.6) is 11.9 Å². The largest absolute Gasteiger partial charge is 0.493 e. The number of hydrogen-bond acceptors (Lipinski definition) is 8. The topological polar surface area (TPSA) is 143 Å². The van der Waals surface area contributed by atoms with Gasteiger partial charge in [0, 0.05) is 41.6 Å². The minimum atomic E-state index is -0.927. The molecule has 0 spiro atoms. The number of carbonyl (C=O) groups excluding carboxylic acids is 1. The normalized spacial score (nSPS) is 20.9. The van der Waals surface area contributed by atoms with Gasteiger partial charge in [-0.05, 0) is 50.3 Å². The number of benzene rings is 1. The van der Waals surface area contributed by atoms with E-state index in [1.165, 1.54) is 6.20 Å². The average Bonchev–Trinajstić information content (AvgIpc) is 3.60. The first kappa shape index (κ1) is 26.6. The summed E-state index contributed by atoms with van der Waals surface area (Å²) >= 11 is 6.63. The van der Waals surface area contributed by atoms with Gasteiger partial charge in [0.25, 0.3) is 0 Å². The number of amides is 1. The molecular formula is C27H28ClF2N7O3. The van der Waals surface area contributed by atoms with Crippen LogP contribution in [-0.2, 0) is 11.2 Å². The van der Waals surface area contributed by atoms with E-state index in [1.54, 1.807) is 12.3 Å². The molecule has 1 aromatic carbocycles. The molecule has 2 atom stereocenters. The molecule has 3 aromatic heterocycles. The number of H-pyrrole nitrogens is 1. The molecule has 0 radical (unpaired) electrons. The van der Waals surface area contributed by atoms with Gasteiger partial charge in [0.1, 0.15) is 24.0 Å². The van der Waals surface area contributed by atoms with Gasteiger partial charge in [-0.2, -0.15) is 15.1 Å². The molecule has 6 rings (SSSR count). The van der Waals surface area contributed by atoms with Gasteiger partial charge in [0.05, 0.1) is 22.6 Å². The number of rotatable bonds is 9. The molecule has 0 unspecified atom stereocenters. The lowest BCUT2D eigenvalue weighted by Gasteiger charge is -2.30. The molecule has 2 aliphatic rings. The Morgan fingerprint density at radius 2 is 2.15 bits per heavy atom. The molecule has 0 saturated carbocycles. The summed E-state index contributed by atoms with van der Waals surface area (Å²) in [5, 5.41) is 18.6.